The molecule has 0 spiro atoms. The third kappa shape index (κ3) is 8.32. The molecule has 0 saturated heterocycles. The molecule has 0 heterocycles. The standard InChI is InChI=1S/C12H21N5O7S/c13-2-9(20)15-6(3-18)11(22)16-5(1-8(14)19)10(21)17-7(4-25)12(23)24/h5-7,18,25H,1-4,13H2,(H2,14,19)(H,15,20)(H,16,22)(H,17,21)(H,23,24). The average Bonchev–Trinajstić information content (AvgIpc) is 2.55. The van der Waals surface area contributed by atoms with Crippen molar-refractivity contribution >= 4 is 42.2 Å². The molecule has 0 rings (SSSR count). The van der Waals surface area contributed by atoms with Gasteiger partial charge in [0.05, 0.1) is 19.6 Å². The van der Waals surface area contributed by atoms with Crippen LogP contribution in [-0.4, -0.2) is 76.8 Å². The van der Waals surface area contributed by atoms with Crippen LogP contribution >= 0.6 is 12.6 Å². The summed E-state index contributed by atoms with van der Waals surface area (Å²) in [7, 11) is 0. The van der Waals surface area contributed by atoms with Crippen LogP contribution in [-0.2, 0) is 24.0 Å². The van der Waals surface area contributed by atoms with Crippen molar-refractivity contribution in [2.45, 2.75) is 24.5 Å². The predicted molar refractivity (Wildman–Crippen MR) is 87.2 cm³/mol. The van der Waals surface area contributed by atoms with E-state index in [2.05, 4.69) is 28.6 Å². The molecule has 25 heavy (non-hydrogen) atoms. The van der Waals surface area contributed by atoms with E-state index in [0.717, 1.165) is 0 Å². The van der Waals surface area contributed by atoms with E-state index in [1.54, 1.807) is 0 Å². The molecule has 9 N–H and O–H groups in total. The molecule has 0 fully saturated rings. The maximum Gasteiger partial charge on any atom is 0.327 e. The first-order valence-corrected chi connectivity index (χ1v) is 7.62. The number of hydrogen-bond donors (Lipinski definition) is 8. The van der Waals surface area contributed by atoms with Crippen LogP contribution in [0.25, 0.3) is 0 Å². The van der Waals surface area contributed by atoms with E-state index in [1.165, 1.54) is 0 Å². The van der Waals surface area contributed by atoms with Crippen molar-refractivity contribution in [3.05, 3.63) is 0 Å². The fraction of sp³-hybridized carbons (Fsp3) is 0.583. The number of rotatable bonds is 11. The number of aliphatic carboxylic acids is 1. The number of carbonyl (C=O) groups excluding carboxylic acids is 4. The fourth-order valence-electron chi connectivity index (χ4n) is 1.59. The molecule has 0 saturated carbocycles. The summed E-state index contributed by atoms with van der Waals surface area (Å²) in [5, 5.41) is 24.3. The zero-order chi connectivity index (χ0) is 19.6. The molecule has 12 nitrogen and oxygen atoms in total. The summed E-state index contributed by atoms with van der Waals surface area (Å²) in [6.07, 6.45) is -0.626. The van der Waals surface area contributed by atoms with E-state index < -0.39 is 67.3 Å². The highest BCUT2D eigenvalue weighted by atomic mass is 32.1. The van der Waals surface area contributed by atoms with Crippen molar-refractivity contribution in [3.8, 4) is 0 Å². The van der Waals surface area contributed by atoms with E-state index >= 15 is 0 Å². The van der Waals surface area contributed by atoms with E-state index in [-0.39, 0.29) is 5.75 Å². The Bertz CT molecular complexity index is 530. The van der Waals surface area contributed by atoms with Crippen molar-refractivity contribution < 1.29 is 34.2 Å². The third-order valence-electron chi connectivity index (χ3n) is 2.86. The highest BCUT2D eigenvalue weighted by Crippen LogP contribution is 1.97. The molecule has 3 unspecified atom stereocenters. The number of thiol groups is 1. The summed E-state index contributed by atoms with van der Waals surface area (Å²) in [5.74, 6) is -5.24. The molecule has 0 aromatic heterocycles. The van der Waals surface area contributed by atoms with Gasteiger partial charge in [0.2, 0.25) is 23.6 Å². The molecule has 0 aromatic rings. The predicted octanol–water partition coefficient (Wildman–Crippen LogP) is -4.72. The van der Waals surface area contributed by atoms with Crippen LogP contribution in [0.2, 0.25) is 0 Å². The van der Waals surface area contributed by atoms with Crippen LogP contribution in [0.4, 0.5) is 0 Å². The van der Waals surface area contributed by atoms with Crippen molar-refractivity contribution in [1.82, 2.24) is 16.0 Å². The van der Waals surface area contributed by atoms with Crippen molar-refractivity contribution in [2.24, 2.45) is 11.5 Å². The van der Waals surface area contributed by atoms with Gasteiger partial charge in [-0.2, -0.15) is 12.6 Å². The lowest BCUT2D eigenvalue weighted by molar-refractivity contribution is -0.141. The smallest absolute Gasteiger partial charge is 0.327 e. The number of hydrogen-bond acceptors (Lipinski definition) is 8. The molecule has 0 aliphatic heterocycles. The second-order valence-electron chi connectivity index (χ2n) is 4.82. The quantitative estimate of drug-likeness (QED) is 0.163. The number of nitrogens with one attached hydrogen (secondary N) is 3. The largest absolute Gasteiger partial charge is 0.480 e. The number of nitrogens with two attached hydrogens (primary N) is 2. The maximum absolute atomic E-state index is 12.1. The van der Waals surface area contributed by atoms with Gasteiger partial charge in [-0.05, 0) is 0 Å². The zero-order valence-electron chi connectivity index (χ0n) is 13.1. The Morgan fingerprint density at radius 3 is 1.88 bits per heavy atom. The van der Waals surface area contributed by atoms with Crippen molar-refractivity contribution in [1.29, 1.82) is 0 Å². The van der Waals surface area contributed by atoms with Gasteiger partial charge in [0, 0.05) is 5.75 Å². The van der Waals surface area contributed by atoms with Gasteiger partial charge in [-0.15, -0.1) is 0 Å². The van der Waals surface area contributed by atoms with Crippen LogP contribution in [0, 0.1) is 0 Å². The van der Waals surface area contributed by atoms with Gasteiger partial charge < -0.3 is 37.6 Å². The molecular weight excluding hydrogens is 358 g/mol. The monoisotopic (exact) mass is 379 g/mol. The Labute approximate surface area is 148 Å². The van der Waals surface area contributed by atoms with Gasteiger partial charge in [-0.1, -0.05) is 0 Å². The van der Waals surface area contributed by atoms with E-state index in [9.17, 15) is 24.0 Å². The number of carbonyl (C=O) groups is 5. The van der Waals surface area contributed by atoms with Crippen LogP contribution in [0.1, 0.15) is 6.42 Å². The molecule has 0 aliphatic carbocycles. The molecule has 13 heteroatoms. The summed E-state index contributed by atoms with van der Waals surface area (Å²) in [4.78, 5) is 57.3. The molecule has 142 valence electrons. The first-order valence-electron chi connectivity index (χ1n) is 6.99. The first kappa shape index (κ1) is 22.6. The molecular formula is C12H21N5O7S. The second kappa shape index (κ2) is 11.2. The minimum absolute atomic E-state index is 0.232. The molecule has 0 aliphatic rings. The average molecular weight is 379 g/mol. The summed E-state index contributed by atoms with van der Waals surface area (Å²) >= 11 is 3.77. The molecule has 0 aromatic carbocycles. The van der Waals surface area contributed by atoms with Crippen molar-refractivity contribution in [3.63, 3.8) is 0 Å². The lowest BCUT2D eigenvalue weighted by atomic mass is 10.1. The third-order valence-corrected chi connectivity index (χ3v) is 3.22. The molecule has 3 atom stereocenters. The van der Waals surface area contributed by atoms with Crippen molar-refractivity contribution in [2.75, 3.05) is 18.9 Å². The zero-order valence-corrected chi connectivity index (χ0v) is 14.0. The second-order valence-corrected chi connectivity index (χ2v) is 5.19. The molecule has 0 bridgehead atoms. The van der Waals surface area contributed by atoms with E-state index in [4.69, 9.17) is 21.7 Å². The summed E-state index contributed by atoms with van der Waals surface area (Å²) < 4.78 is 0. The summed E-state index contributed by atoms with van der Waals surface area (Å²) in [6.45, 7) is -1.23. The number of amides is 4. The Kier molecular flexibility index (Phi) is 10.2. The molecule has 0 radical (unpaired) electrons. The Morgan fingerprint density at radius 1 is 0.960 bits per heavy atom. The van der Waals surface area contributed by atoms with Gasteiger partial charge in [-0.25, -0.2) is 4.79 Å². The van der Waals surface area contributed by atoms with E-state index in [1.807, 2.05) is 0 Å². The number of carboxylic acid groups (broad SMARTS) is 1. The van der Waals surface area contributed by atoms with Gasteiger partial charge >= 0.3 is 5.97 Å². The number of aliphatic hydroxyl groups excluding tert-OH is 1. The van der Waals surface area contributed by atoms with Crippen LogP contribution in [0.3, 0.4) is 0 Å². The van der Waals surface area contributed by atoms with Crippen LogP contribution in [0.15, 0.2) is 0 Å². The topological polar surface area (TPSA) is 214 Å². The van der Waals surface area contributed by atoms with Gasteiger partial charge in [0.15, 0.2) is 0 Å². The highest BCUT2D eigenvalue weighted by Gasteiger charge is 2.29. The van der Waals surface area contributed by atoms with Gasteiger partial charge in [0.25, 0.3) is 0 Å². The number of aliphatic hydroxyl groups is 1. The number of carboxylic acids is 1. The first-order chi connectivity index (χ1) is 11.7. The molecule has 4 amide bonds. The lowest BCUT2D eigenvalue weighted by Crippen LogP contribution is -2.58. The lowest BCUT2D eigenvalue weighted by Gasteiger charge is -2.22. The van der Waals surface area contributed by atoms with Crippen LogP contribution < -0.4 is 27.4 Å². The maximum atomic E-state index is 12.1. The minimum Gasteiger partial charge on any atom is -0.480 e. The fourth-order valence-corrected chi connectivity index (χ4v) is 1.84. The van der Waals surface area contributed by atoms with Gasteiger partial charge in [-0.3, -0.25) is 19.2 Å². The summed E-state index contributed by atoms with van der Waals surface area (Å²) in [6, 6.07) is -4.27. The Morgan fingerprint density at radius 2 is 1.48 bits per heavy atom. The van der Waals surface area contributed by atoms with Crippen LogP contribution in [0.5, 0.6) is 0 Å². The summed E-state index contributed by atoms with van der Waals surface area (Å²) in [5.41, 5.74) is 10.1. The minimum atomic E-state index is -1.50. The highest BCUT2D eigenvalue weighted by molar-refractivity contribution is 7.80. The van der Waals surface area contributed by atoms with E-state index in [0.29, 0.717) is 0 Å². The van der Waals surface area contributed by atoms with Gasteiger partial charge in [0.1, 0.15) is 18.1 Å². The SMILES string of the molecule is NCC(=O)NC(CO)C(=O)NC(CC(N)=O)C(=O)NC(CS)C(=O)O. The Hall–Kier alpha value is -2.38. The normalized spacial score (nSPS) is 13.9. The Balaban J connectivity index is 5.10. The number of primary amides is 1.